The number of Topliss-reactive ketones (excluding diaryl/α,β-unsaturated/α-hetero) is 1. The highest BCUT2D eigenvalue weighted by molar-refractivity contribution is 6.14. The number of hydrogen-bond donors (Lipinski definition) is 0. The Kier molecular flexibility index (Phi) is 3.99. The second kappa shape index (κ2) is 6.11. The van der Waals surface area contributed by atoms with Gasteiger partial charge in [0.1, 0.15) is 6.61 Å². The minimum atomic E-state index is -0.597. The summed E-state index contributed by atoms with van der Waals surface area (Å²) in [5.74, 6) is -0.907. The zero-order chi connectivity index (χ0) is 17.3. The van der Waals surface area contributed by atoms with Crippen LogP contribution in [0.25, 0.3) is 6.08 Å². The molecular weight excluding hydrogens is 317 g/mol. The third kappa shape index (κ3) is 2.71. The van der Waals surface area contributed by atoms with Crippen molar-refractivity contribution < 1.29 is 23.6 Å². The topological polar surface area (TPSA) is 78.7 Å². The van der Waals surface area contributed by atoms with Crippen molar-refractivity contribution in [1.29, 1.82) is 0 Å². The monoisotopic (exact) mass is 329 g/mol. The maximum Gasteiger partial charge on any atom is 0.311 e. The molecule has 1 aliphatic heterocycles. The zero-order valence-corrected chi connectivity index (χ0v) is 12.6. The molecule has 0 fully saturated rings. The van der Waals surface area contributed by atoms with Crippen molar-refractivity contribution in [1.82, 2.24) is 0 Å². The van der Waals surface area contributed by atoms with Gasteiger partial charge in [0.05, 0.1) is 17.6 Å². The van der Waals surface area contributed by atoms with Crippen LogP contribution in [0.2, 0.25) is 0 Å². The summed E-state index contributed by atoms with van der Waals surface area (Å²) in [5.41, 5.74) is 0.667. The Hall–Kier alpha value is -3.22. The first-order valence-electron chi connectivity index (χ1n) is 7.00. The van der Waals surface area contributed by atoms with Crippen molar-refractivity contribution in [3.63, 3.8) is 0 Å². The molecule has 24 heavy (non-hydrogen) atoms. The minimum absolute atomic E-state index is 0.0691. The average molecular weight is 329 g/mol. The van der Waals surface area contributed by atoms with Gasteiger partial charge in [-0.2, -0.15) is 0 Å². The first-order valence-corrected chi connectivity index (χ1v) is 7.00. The van der Waals surface area contributed by atoms with E-state index in [2.05, 4.69) is 0 Å². The first kappa shape index (κ1) is 15.7. The standard InChI is InChI=1S/C17H12FNO5/c1-23-15-6-5-10(8-14(15)19(21)22)7-11-9-24-17-12(16(11)20)3-2-4-13(17)18/h2-8H,9H2,1H3. The van der Waals surface area contributed by atoms with E-state index in [-0.39, 0.29) is 40.7 Å². The maximum absolute atomic E-state index is 13.6. The van der Waals surface area contributed by atoms with Gasteiger partial charge in [-0.3, -0.25) is 14.9 Å². The normalized spacial score (nSPS) is 14.9. The first-order chi connectivity index (χ1) is 11.5. The van der Waals surface area contributed by atoms with E-state index in [4.69, 9.17) is 9.47 Å². The molecule has 0 bridgehead atoms. The van der Waals surface area contributed by atoms with Gasteiger partial charge in [0.2, 0.25) is 0 Å². The summed E-state index contributed by atoms with van der Waals surface area (Å²) in [7, 11) is 1.34. The van der Waals surface area contributed by atoms with E-state index in [0.717, 1.165) is 0 Å². The van der Waals surface area contributed by atoms with Gasteiger partial charge in [-0.1, -0.05) is 12.1 Å². The van der Waals surface area contributed by atoms with Gasteiger partial charge in [0.15, 0.2) is 23.1 Å². The second-order valence-corrected chi connectivity index (χ2v) is 5.09. The van der Waals surface area contributed by atoms with E-state index in [9.17, 15) is 19.3 Å². The molecule has 2 aromatic rings. The number of hydrogen-bond acceptors (Lipinski definition) is 5. The molecule has 7 heteroatoms. The van der Waals surface area contributed by atoms with Crippen LogP contribution in [0.4, 0.5) is 10.1 Å². The molecule has 1 heterocycles. The molecule has 2 aromatic carbocycles. The molecule has 0 unspecified atom stereocenters. The summed E-state index contributed by atoms with van der Waals surface area (Å²) in [6, 6.07) is 8.47. The molecule has 1 aliphatic rings. The van der Waals surface area contributed by atoms with Crippen LogP contribution in [0.5, 0.6) is 11.5 Å². The number of nitro benzene ring substituents is 1. The maximum atomic E-state index is 13.6. The molecule has 3 rings (SSSR count). The van der Waals surface area contributed by atoms with Crippen molar-refractivity contribution in [2.24, 2.45) is 0 Å². The predicted octanol–water partition coefficient (Wildman–Crippen LogP) is 3.40. The van der Waals surface area contributed by atoms with Gasteiger partial charge in [-0.25, -0.2) is 4.39 Å². The fraction of sp³-hybridized carbons (Fsp3) is 0.118. The van der Waals surface area contributed by atoms with E-state index in [1.165, 1.54) is 43.5 Å². The third-order valence-corrected chi connectivity index (χ3v) is 3.62. The Labute approximate surface area is 136 Å². The molecule has 0 aromatic heterocycles. The molecular formula is C17H12FNO5. The molecule has 0 amide bonds. The van der Waals surface area contributed by atoms with Crippen molar-refractivity contribution >= 4 is 17.5 Å². The van der Waals surface area contributed by atoms with Crippen LogP contribution in [0.15, 0.2) is 42.0 Å². The van der Waals surface area contributed by atoms with E-state index in [1.54, 1.807) is 6.07 Å². The lowest BCUT2D eigenvalue weighted by atomic mass is 9.98. The average Bonchev–Trinajstić information content (AvgIpc) is 2.58. The molecule has 0 radical (unpaired) electrons. The summed E-state index contributed by atoms with van der Waals surface area (Å²) in [6.07, 6.45) is 1.49. The largest absolute Gasteiger partial charge is 0.490 e. The Balaban J connectivity index is 2.00. The van der Waals surface area contributed by atoms with E-state index in [1.807, 2.05) is 0 Å². The Morgan fingerprint density at radius 3 is 2.83 bits per heavy atom. The summed E-state index contributed by atoms with van der Waals surface area (Å²) in [4.78, 5) is 22.9. The number of rotatable bonds is 3. The summed E-state index contributed by atoms with van der Waals surface area (Å²) >= 11 is 0. The van der Waals surface area contributed by atoms with E-state index >= 15 is 0 Å². The molecule has 6 nitrogen and oxygen atoms in total. The fourth-order valence-corrected chi connectivity index (χ4v) is 2.47. The van der Waals surface area contributed by atoms with Crippen LogP contribution in [-0.2, 0) is 0 Å². The van der Waals surface area contributed by atoms with Gasteiger partial charge in [-0.05, 0) is 29.8 Å². The number of nitro groups is 1. The third-order valence-electron chi connectivity index (χ3n) is 3.62. The number of benzene rings is 2. The van der Waals surface area contributed by atoms with Crippen LogP contribution in [0, 0.1) is 15.9 Å². The van der Waals surface area contributed by atoms with Gasteiger partial charge in [-0.15, -0.1) is 0 Å². The minimum Gasteiger partial charge on any atom is -0.490 e. The van der Waals surface area contributed by atoms with Gasteiger partial charge in [0, 0.05) is 11.6 Å². The number of fused-ring (bicyclic) bond motifs is 1. The number of ketones is 1. The summed E-state index contributed by atoms with van der Waals surface area (Å²) < 4.78 is 23.9. The molecule has 0 aliphatic carbocycles. The van der Waals surface area contributed by atoms with Gasteiger partial charge >= 0.3 is 5.69 Å². The van der Waals surface area contributed by atoms with Crippen LogP contribution in [-0.4, -0.2) is 24.4 Å². The molecule has 0 N–H and O–H groups in total. The molecule has 0 atom stereocenters. The molecule has 0 spiro atoms. The number of halogens is 1. The highest BCUT2D eigenvalue weighted by Gasteiger charge is 2.26. The Bertz CT molecular complexity index is 875. The number of carbonyl (C=O) groups excluding carboxylic acids is 1. The number of carbonyl (C=O) groups is 1. The number of nitrogens with zero attached hydrogens (tertiary/aromatic N) is 1. The van der Waals surface area contributed by atoms with Crippen molar-refractivity contribution in [3.8, 4) is 11.5 Å². The van der Waals surface area contributed by atoms with Gasteiger partial charge < -0.3 is 9.47 Å². The quantitative estimate of drug-likeness (QED) is 0.490. The number of methoxy groups -OCH3 is 1. The summed E-state index contributed by atoms with van der Waals surface area (Å²) in [5, 5.41) is 11.1. The lowest BCUT2D eigenvalue weighted by molar-refractivity contribution is -0.385. The van der Waals surface area contributed by atoms with Crippen LogP contribution in [0.1, 0.15) is 15.9 Å². The lowest BCUT2D eigenvalue weighted by Gasteiger charge is -2.19. The predicted molar refractivity (Wildman–Crippen MR) is 83.9 cm³/mol. The molecule has 0 saturated heterocycles. The second-order valence-electron chi connectivity index (χ2n) is 5.09. The molecule has 0 saturated carbocycles. The SMILES string of the molecule is COc1ccc(C=C2COc3c(F)cccc3C2=O)cc1[N+](=O)[O-]. The smallest absolute Gasteiger partial charge is 0.311 e. The van der Waals surface area contributed by atoms with E-state index in [0.29, 0.717) is 5.56 Å². The highest BCUT2D eigenvalue weighted by atomic mass is 19.1. The van der Waals surface area contributed by atoms with Crippen LogP contribution in [0.3, 0.4) is 0 Å². The highest BCUT2D eigenvalue weighted by Crippen LogP contribution is 2.32. The lowest BCUT2D eigenvalue weighted by Crippen LogP contribution is -2.19. The van der Waals surface area contributed by atoms with Crippen LogP contribution >= 0.6 is 0 Å². The Morgan fingerprint density at radius 2 is 2.12 bits per heavy atom. The number of para-hydroxylation sites is 1. The van der Waals surface area contributed by atoms with Crippen molar-refractivity contribution in [2.75, 3.05) is 13.7 Å². The fourth-order valence-electron chi connectivity index (χ4n) is 2.47. The van der Waals surface area contributed by atoms with Crippen molar-refractivity contribution in [2.45, 2.75) is 0 Å². The summed E-state index contributed by atoms with van der Waals surface area (Å²) in [6.45, 7) is -0.105. The van der Waals surface area contributed by atoms with Crippen molar-refractivity contribution in [3.05, 3.63) is 69.0 Å². The van der Waals surface area contributed by atoms with E-state index < -0.39 is 10.7 Å². The zero-order valence-electron chi connectivity index (χ0n) is 12.6. The van der Waals surface area contributed by atoms with Crippen LogP contribution < -0.4 is 9.47 Å². The Morgan fingerprint density at radius 1 is 1.33 bits per heavy atom. The molecule has 122 valence electrons. The van der Waals surface area contributed by atoms with Gasteiger partial charge in [0.25, 0.3) is 0 Å². The number of ether oxygens (including phenoxy) is 2.